The van der Waals surface area contributed by atoms with Crippen molar-refractivity contribution in [2.24, 2.45) is 5.73 Å². The van der Waals surface area contributed by atoms with Gasteiger partial charge in [-0.15, -0.1) is 0 Å². The van der Waals surface area contributed by atoms with Crippen molar-refractivity contribution in [3.8, 4) is 0 Å². The number of nitrogens with one attached hydrogen (secondary N) is 1. The molecule has 0 spiro atoms. The van der Waals surface area contributed by atoms with Gasteiger partial charge in [0.05, 0.1) is 18.1 Å². The Kier molecular flexibility index (Phi) is 3.99. The average molecular weight is 300 g/mol. The molecule has 0 unspecified atom stereocenters. The van der Waals surface area contributed by atoms with Crippen molar-refractivity contribution in [1.29, 1.82) is 0 Å². The van der Waals surface area contributed by atoms with E-state index in [0.29, 0.717) is 12.2 Å². The highest BCUT2D eigenvalue weighted by molar-refractivity contribution is 7.80. The number of halogens is 3. The summed E-state index contributed by atoms with van der Waals surface area (Å²) in [6.07, 6.45) is -1.42. The summed E-state index contributed by atoms with van der Waals surface area (Å²) >= 11 is 4.68. The fourth-order valence-electron chi connectivity index (χ4n) is 1.70. The second kappa shape index (κ2) is 5.54. The van der Waals surface area contributed by atoms with Crippen LogP contribution in [0.3, 0.4) is 0 Å². The first kappa shape index (κ1) is 14.4. The number of furan rings is 1. The molecule has 0 aliphatic rings. The summed E-state index contributed by atoms with van der Waals surface area (Å²) in [5.41, 5.74) is 5.71. The van der Waals surface area contributed by atoms with Crippen LogP contribution >= 0.6 is 12.2 Å². The maximum atomic E-state index is 12.8. The summed E-state index contributed by atoms with van der Waals surface area (Å²) in [4.78, 5) is -0.288. The van der Waals surface area contributed by atoms with Gasteiger partial charge in [0.15, 0.2) is 0 Å². The van der Waals surface area contributed by atoms with Gasteiger partial charge in [0.25, 0.3) is 0 Å². The molecule has 0 atom stereocenters. The van der Waals surface area contributed by atoms with Gasteiger partial charge in [-0.2, -0.15) is 13.2 Å². The number of anilines is 1. The first-order chi connectivity index (χ1) is 9.38. The molecule has 0 radical (unpaired) electrons. The molecule has 0 saturated carbocycles. The van der Waals surface area contributed by atoms with Crippen LogP contribution in [0.1, 0.15) is 16.7 Å². The maximum Gasteiger partial charge on any atom is 0.417 e. The van der Waals surface area contributed by atoms with E-state index in [1.807, 2.05) is 0 Å². The Morgan fingerprint density at radius 1 is 1.30 bits per heavy atom. The Balaban J connectivity index is 2.24. The molecule has 106 valence electrons. The molecule has 0 fully saturated rings. The summed E-state index contributed by atoms with van der Waals surface area (Å²) in [7, 11) is 0. The van der Waals surface area contributed by atoms with Gasteiger partial charge in [0.2, 0.25) is 0 Å². The van der Waals surface area contributed by atoms with Crippen molar-refractivity contribution in [2.75, 3.05) is 5.32 Å². The van der Waals surface area contributed by atoms with E-state index >= 15 is 0 Å². The second-order valence-electron chi connectivity index (χ2n) is 4.11. The fraction of sp³-hybridized carbons (Fsp3) is 0.154. The average Bonchev–Trinajstić information content (AvgIpc) is 2.88. The van der Waals surface area contributed by atoms with E-state index < -0.39 is 11.7 Å². The van der Waals surface area contributed by atoms with Crippen LogP contribution in [0.2, 0.25) is 0 Å². The monoisotopic (exact) mass is 300 g/mol. The van der Waals surface area contributed by atoms with Gasteiger partial charge in [0.1, 0.15) is 4.99 Å². The van der Waals surface area contributed by atoms with E-state index in [9.17, 15) is 13.2 Å². The van der Waals surface area contributed by atoms with Crippen LogP contribution in [-0.2, 0) is 12.7 Å². The Labute approximate surface area is 118 Å². The first-order valence-corrected chi connectivity index (χ1v) is 6.05. The number of nitrogens with two attached hydrogens (primary N) is 1. The molecule has 1 heterocycles. The number of benzene rings is 1. The Morgan fingerprint density at radius 2 is 2.05 bits per heavy atom. The van der Waals surface area contributed by atoms with Crippen molar-refractivity contribution in [3.63, 3.8) is 0 Å². The number of thiocarbonyl (C=S) groups is 1. The molecule has 0 bridgehead atoms. The Bertz CT molecular complexity index is 609. The predicted molar refractivity (Wildman–Crippen MR) is 73.4 cm³/mol. The third-order valence-corrected chi connectivity index (χ3v) is 2.89. The molecule has 3 nitrogen and oxygen atoms in total. The van der Waals surface area contributed by atoms with Crippen LogP contribution in [-0.4, -0.2) is 4.99 Å². The molecule has 20 heavy (non-hydrogen) atoms. The topological polar surface area (TPSA) is 51.2 Å². The lowest BCUT2D eigenvalue weighted by Crippen LogP contribution is -2.18. The highest BCUT2D eigenvalue weighted by Gasteiger charge is 2.33. The lowest BCUT2D eigenvalue weighted by molar-refractivity contribution is -0.137. The number of alkyl halides is 3. The number of rotatable bonds is 4. The van der Waals surface area contributed by atoms with Crippen molar-refractivity contribution in [3.05, 3.63) is 53.5 Å². The van der Waals surface area contributed by atoms with Gasteiger partial charge in [0, 0.05) is 23.4 Å². The summed E-state index contributed by atoms with van der Waals surface area (Å²) in [5, 5.41) is 2.98. The second-order valence-corrected chi connectivity index (χ2v) is 4.55. The third kappa shape index (κ3) is 3.30. The molecule has 0 aliphatic carbocycles. The summed E-state index contributed by atoms with van der Waals surface area (Å²) < 4.78 is 43.3. The maximum absolute atomic E-state index is 12.8. The van der Waals surface area contributed by atoms with Gasteiger partial charge >= 0.3 is 6.18 Å². The van der Waals surface area contributed by atoms with Gasteiger partial charge in [-0.1, -0.05) is 12.2 Å². The van der Waals surface area contributed by atoms with Crippen LogP contribution in [0.4, 0.5) is 18.9 Å². The van der Waals surface area contributed by atoms with Crippen LogP contribution in [0.15, 0.2) is 41.2 Å². The quantitative estimate of drug-likeness (QED) is 0.848. The third-order valence-electron chi connectivity index (χ3n) is 2.67. The first-order valence-electron chi connectivity index (χ1n) is 5.64. The fourth-order valence-corrected chi connectivity index (χ4v) is 1.87. The zero-order valence-electron chi connectivity index (χ0n) is 10.2. The molecule has 0 saturated heterocycles. The minimum Gasteiger partial charge on any atom is -0.472 e. The van der Waals surface area contributed by atoms with Crippen LogP contribution in [0.5, 0.6) is 0 Å². The highest BCUT2D eigenvalue weighted by atomic mass is 32.1. The SMILES string of the molecule is NC(=S)c1cc(NCc2ccoc2)ccc1C(F)(F)F. The predicted octanol–water partition coefficient (Wildman–Crippen LogP) is 3.54. The van der Waals surface area contributed by atoms with Gasteiger partial charge < -0.3 is 15.5 Å². The number of hydrogen-bond acceptors (Lipinski definition) is 3. The summed E-state index contributed by atoms with van der Waals surface area (Å²) in [6, 6.07) is 5.35. The molecule has 1 aromatic carbocycles. The minimum atomic E-state index is -4.48. The van der Waals surface area contributed by atoms with E-state index in [2.05, 4.69) is 17.5 Å². The molecule has 3 N–H and O–H groups in total. The van der Waals surface area contributed by atoms with Crippen molar-refractivity contribution in [2.45, 2.75) is 12.7 Å². The van der Waals surface area contributed by atoms with Crippen molar-refractivity contribution >= 4 is 22.9 Å². The molecule has 0 amide bonds. The van der Waals surface area contributed by atoms with E-state index in [1.165, 1.54) is 18.4 Å². The van der Waals surface area contributed by atoms with E-state index in [-0.39, 0.29) is 10.6 Å². The van der Waals surface area contributed by atoms with Crippen LogP contribution in [0, 0.1) is 0 Å². The number of hydrogen-bond donors (Lipinski definition) is 2. The zero-order valence-corrected chi connectivity index (χ0v) is 11.0. The minimum absolute atomic E-state index is 0.190. The summed E-state index contributed by atoms with van der Waals surface area (Å²) in [5.74, 6) is 0. The molecule has 2 aromatic rings. The largest absolute Gasteiger partial charge is 0.472 e. The normalized spacial score (nSPS) is 11.3. The molecule has 1 aromatic heterocycles. The lowest BCUT2D eigenvalue weighted by Gasteiger charge is -2.14. The molecular formula is C13H11F3N2OS. The zero-order chi connectivity index (χ0) is 14.8. The van der Waals surface area contributed by atoms with Crippen molar-refractivity contribution in [1.82, 2.24) is 0 Å². The van der Waals surface area contributed by atoms with Crippen LogP contribution < -0.4 is 11.1 Å². The Hall–Kier alpha value is -2.02. The van der Waals surface area contributed by atoms with E-state index in [0.717, 1.165) is 11.6 Å². The smallest absolute Gasteiger partial charge is 0.417 e. The van der Waals surface area contributed by atoms with Gasteiger partial charge in [-0.05, 0) is 24.3 Å². The molecule has 7 heteroatoms. The van der Waals surface area contributed by atoms with E-state index in [1.54, 1.807) is 12.3 Å². The molecule has 2 rings (SSSR count). The summed E-state index contributed by atoms with van der Waals surface area (Å²) in [6.45, 7) is 0.429. The lowest BCUT2D eigenvalue weighted by atomic mass is 10.1. The van der Waals surface area contributed by atoms with Crippen LogP contribution in [0.25, 0.3) is 0 Å². The van der Waals surface area contributed by atoms with Gasteiger partial charge in [-0.3, -0.25) is 0 Å². The van der Waals surface area contributed by atoms with Crippen molar-refractivity contribution < 1.29 is 17.6 Å². The van der Waals surface area contributed by atoms with Gasteiger partial charge in [-0.25, -0.2) is 0 Å². The highest BCUT2D eigenvalue weighted by Crippen LogP contribution is 2.33. The standard InChI is InChI=1S/C13H11F3N2OS/c14-13(15,16)11-2-1-9(5-10(11)12(17)20)18-6-8-3-4-19-7-8/h1-5,7,18H,6H2,(H2,17,20). The van der Waals surface area contributed by atoms with E-state index in [4.69, 9.17) is 10.2 Å². The molecule has 0 aliphatic heterocycles. The molecular weight excluding hydrogens is 289 g/mol. The Morgan fingerprint density at radius 3 is 2.60 bits per heavy atom.